The Bertz CT molecular complexity index is 498. The van der Waals surface area contributed by atoms with Crippen LogP contribution >= 0.6 is 0 Å². The summed E-state index contributed by atoms with van der Waals surface area (Å²) in [5.41, 5.74) is 0.604. The van der Waals surface area contributed by atoms with Crippen molar-refractivity contribution in [1.82, 2.24) is 15.0 Å². The largest absolute Gasteiger partial charge is 0.451 e. The quantitative estimate of drug-likeness (QED) is 0.876. The van der Waals surface area contributed by atoms with Crippen LogP contribution in [-0.2, 0) is 6.18 Å². The van der Waals surface area contributed by atoms with E-state index in [0.717, 1.165) is 6.33 Å². The lowest BCUT2D eigenvalue weighted by Crippen LogP contribution is -2.12. The average Bonchev–Trinajstić information content (AvgIpc) is 2.29. The molecule has 7 heteroatoms. The average molecular weight is 240 g/mol. The monoisotopic (exact) mass is 240 g/mol. The first-order chi connectivity index (χ1) is 8.05. The molecule has 1 N–H and O–H groups in total. The zero-order valence-electron chi connectivity index (χ0n) is 8.44. The van der Waals surface area contributed by atoms with Gasteiger partial charge in [-0.25, -0.2) is 9.97 Å². The van der Waals surface area contributed by atoms with Gasteiger partial charge in [-0.05, 0) is 12.1 Å². The summed E-state index contributed by atoms with van der Waals surface area (Å²) in [7, 11) is 0. The summed E-state index contributed by atoms with van der Waals surface area (Å²) in [4.78, 5) is 9.96. The van der Waals surface area contributed by atoms with E-state index in [2.05, 4.69) is 20.3 Å². The Morgan fingerprint density at radius 2 is 1.71 bits per heavy atom. The number of halogens is 3. The van der Waals surface area contributed by atoms with Crippen LogP contribution in [0, 0.1) is 0 Å². The molecule has 0 aliphatic carbocycles. The number of nitrogens with one attached hydrogen (secondary N) is 1. The van der Waals surface area contributed by atoms with Crippen LogP contribution in [0.5, 0.6) is 0 Å². The zero-order valence-corrected chi connectivity index (χ0v) is 8.44. The highest BCUT2D eigenvalue weighted by Crippen LogP contribution is 2.26. The molecule has 17 heavy (non-hydrogen) atoms. The molecule has 0 unspecified atom stereocenters. The Morgan fingerprint density at radius 1 is 1.00 bits per heavy atom. The molecule has 88 valence electrons. The van der Waals surface area contributed by atoms with Crippen LogP contribution in [0.1, 0.15) is 5.82 Å². The van der Waals surface area contributed by atoms with Crippen molar-refractivity contribution < 1.29 is 13.2 Å². The number of para-hydroxylation sites is 1. The number of benzene rings is 1. The first kappa shape index (κ1) is 11.3. The van der Waals surface area contributed by atoms with E-state index in [-0.39, 0.29) is 5.95 Å². The van der Waals surface area contributed by atoms with E-state index in [1.807, 2.05) is 0 Å². The van der Waals surface area contributed by atoms with Gasteiger partial charge in [0, 0.05) is 5.69 Å². The first-order valence-electron chi connectivity index (χ1n) is 4.64. The molecule has 1 heterocycles. The Hall–Kier alpha value is -2.18. The van der Waals surface area contributed by atoms with Crippen LogP contribution in [-0.4, -0.2) is 15.0 Å². The summed E-state index contributed by atoms with van der Waals surface area (Å²) >= 11 is 0. The maximum Gasteiger partial charge on any atom is 0.451 e. The molecular weight excluding hydrogens is 233 g/mol. The molecule has 0 saturated carbocycles. The third-order valence-corrected chi connectivity index (χ3v) is 1.86. The number of nitrogens with zero attached hydrogens (tertiary/aromatic N) is 3. The van der Waals surface area contributed by atoms with Crippen LogP contribution in [0.3, 0.4) is 0 Å². The molecule has 0 spiro atoms. The molecule has 0 bridgehead atoms. The van der Waals surface area contributed by atoms with Crippen molar-refractivity contribution in [1.29, 1.82) is 0 Å². The summed E-state index contributed by atoms with van der Waals surface area (Å²) in [5.74, 6) is -1.36. The number of anilines is 2. The molecule has 0 atom stereocenters. The predicted molar refractivity (Wildman–Crippen MR) is 54.6 cm³/mol. The Morgan fingerprint density at radius 3 is 2.35 bits per heavy atom. The molecule has 1 aromatic carbocycles. The topological polar surface area (TPSA) is 50.7 Å². The van der Waals surface area contributed by atoms with Gasteiger partial charge in [0.05, 0.1) is 0 Å². The fourth-order valence-electron chi connectivity index (χ4n) is 1.14. The molecule has 0 fully saturated rings. The molecular formula is C10H7F3N4. The number of hydrogen-bond acceptors (Lipinski definition) is 4. The van der Waals surface area contributed by atoms with Crippen LogP contribution < -0.4 is 5.32 Å². The molecule has 2 aromatic rings. The van der Waals surface area contributed by atoms with Crippen LogP contribution in [0.4, 0.5) is 24.8 Å². The summed E-state index contributed by atoms with van der Waals surface area (Å²) in [6.07, 6.45) is -3.75. The number of hydrogen-bond donors (Lipinski definition) is 1. The van der Waals surface area contributed by atoms with Crippen molar-refractivity contribution in [2.45, 2.75) is 6.18 Å². The third-order valence-electron chi connectivity index (χ3n) is 1.86. The fourth-order valence-corrected chi connectivity index (χ4v) is 1.14. The van der Waals surface area contributed by atoms with Gasteiger partial charge in [-0.3, -0.25) is 0 Å². The van der Waals surface area contributed by atoms with Crippen molar-refractivity contribution in [2.24, 2.45) is 0 Å². The van der Waals surface area contributed by atoms with E-state index in [0.29, 0.717) is 5.69 Å². The molecule has 0 aliphatic heterocycles. The highest BCUT2D eigenvalue weighted by Gasteiger charge is 2.34. The molecule has 0 saturated heterocycles. The number of alkyl halides is 3. The molecule has 1 aromatic heterocycles. The Balaban J connectivity index is 2.23. The summed E-state index contributed by atoms with van der Waals surface area (Å²) in [6, 6.07) is 8.66. The second-order valence-electron chi connectivity index (χ2n) is 3.12. The second-order valence-corrected chi connectivity index (χ2v) is 3.12. The number of rotatable bonds is 2. The van der Waals surface area contributed by atoms with Gasteiger partial charge in [0.25, 0.3) is 0 Å². The number of aromatic nitrogens is 3. The van der Waals surface area contributed by atoms with E-state index in [1.165, 1.54) is 0 Å². The van der Waals surface area contributed by atoms with Gasteiger partial charge in [-0.1, -0.05) is 18.2 Å². The SMILES string of the molecule is FC(F)(F)c1ncnc(Nc2ccccc2)n1. The van der Waals surface area contributed by atoms with Crippen molar-refractivity contribution in [3.63, 3.8) is 0 Å². The smallest absolute Gasteiger partial charge is 0.324 e. The zero-order chi connectivity index (χ0) is 12.3. The van der Waals surface area contributed by atoms with Crippen LogP contribution in [0.25, 0.3) is 0 Å². The Kier molecular flexibility index (Phi) is 2.90. The lowest BCUT2D eigenvalue weighted by molar-refractivity contribution is -0.145. The van der Waals surface area contributed by atoms with E-state index in [9.17, 15) is 13.2 Å². The maximum absolute atomic E-state index is 12.3. The highest BCUT2D eigenvalue weighted by molar-refractivity contribution is 5.52. The van der Waals surface area contributed by atoms with Crippen molar-refractivity contribution in [3.8, 4) is 0 Å². The van der Waals surface area contributed by atoms with Gasteiger partial charge in [-0.2, -0.15) is 18.2 Å². The lowest BCUT2D eigenvalue weighted by atomic mass is 10.3. The fraction of sp³-hybridized carbons (Fsp3) is 0.100. The minimum Gasteiger partial charge on any atom is -0.324 e. The summed E-state index contributed by atoms with van der Waals surface area (Å²) < 4.78 is 37.0. The first-order valence-corrected chi connectivity index (χ1v) is 4.64. The van der Waals surface area contributed by atoms with Gasteiger partial charge in [0.15, 0.2) is 0 Å². The van der Waals surface area contributed by atoms with Crippen molar-refractivity contribution in [3.05, 3.63) is 42.5 Å². The molecule has 2 rings (SSSR count). The molecule has 0 amide bonds. The molecule has 0 aliphatic rings. The predicted octanol–water partition coefficient (Wildman–Crippen LogP) is 2.63. The van der Waals surface area contributed by atoms with E-state index < -0.39 is 12.0 Å². The minimum atomic E-state index is -4.57. The third kappa shape index (κ3) is 2.90. The van der Waals surface area contributed by atoms with Crippen molar-refractivity contribution in [2.75, 3.05) is 5.32 Å². The van der Waals surface area contributed by atoms with Crippen LogP contribution in [0.15, 0.2) is 36.7 Å². The van der Waals surface area contributed by atoms with Gasteiger partial charge in [0.1, 0.15) is 6.33 Å². The van der Waals surface area contributed by atoms with Gasteiger partial charge < -0.3 is 5.32 Å². The van der Waals surface area contributed by atoms with E-state index in [1.54, 1.807) is 30.3 Å². The van der Waals surface area contributed by atoms with Crippen LogP contribution in [0.2, 0.25) is 0 Å². The molecule has 4 nitrogen and oxygen atoms in total. The Labute approximate surface area is 94.6 Å². The summed E-state index contributed by atoms with van der Waals surface area (Å²) in [5, 5.41) is 2.65. The highest BCUT2D eigenvalue weighted by atomic mass is 19.4. The second kappa shape index (κ2) is 4.36. The van der Waals surface area contributed by atoms with E-state index >= 15 is 0 Å². The van der Waals surface area contributed by atoms with Gasteiger partial charge in [-0.15, -0.1) is 0 Å². The van der Waals surface area contributed by atoms with Crippen molar-refractivity contribution >= 4 is 11.6 Å². The standard InChI is InChI=1S/C10H7F3N4/c11-10(12,13)8-14-6-15-9(17-8)16-7-4-2-1-3-5-7/h1-6H,(H,14,15,16,17). The van der Waals surface area contributed by atoms with Gasteiger partial charge >= 0.3 is 6.18 Å². The minimum absolute atomic E-state index is 0.140. The normalized spacial score (nSPS) is 11.2. The maximum atomic E-state index is 12.3. The van der Waals surface area contributed by atoms with E-state index in [4.69, 9.17) is 0 Å². The molecule has 0 radical (unpaired) electrons. The lowest BCUT2D eigenvalue weighted by Gasteiger charge is -2.07. The van der Waals surface area contributed by atoms with Gasteiger partial charge in [0.2, 0.25) is 11.8 Å². The summed E-state index contributed by atoms with van der Waals surface area (Å²) in [6.45, 7) is 0.